The minimum absolute atomic E-state index is 0.484. The molecule has 9 heavy (non-hydrogen) atoms. The van der Waals surface area contributed by atoms with Crippen molar-refractivity contribution in [2.24, 2.45) is 0 Å². The molecule has 0 aromatic carbocycles. The standard InChI is InChI=1S/C5H3BrN2S/c1-3-5(6)4(2-7)8-9-3/h1H3. The van der Waals surface area contributed by atoms with Crippen molar-refractivity contribution in [1.29, 1.82) is 5.26 Å². The summed E-state index contributed by atoms with van der Waals surface area (Å²) in [6, 6.07) is 1.97. The van der Waals surface area contributed by atoms with Crippen molar-refractivity contribution < 1.29 is 0 Å². The van der Waals surface area contributed by atoms with E-state index in [0.29, 0.717) is 5.69 Å². The summed E-state index contributed by atoms with van der Waals surface area (Å²) in [7, 11) is 0. The third-order valence-corrected chi connectivity index (χ3v) is 2.88. The normalized spacial score (nSPS) is 9.00. The van der Waals surface area contributed by atoms with Crippen LogP contribution in [-0.2, 0) is 0 Å². The Kier molecular flexibility index (Phi) is 1.84. The molecule has 1 rings (SSSR count). The second-order valence-corrected chi connectivity index (χ2v) is 3.28. The Balaban J connectivity index is 3.24. The summed E-state index contributed by atoms with van der Waals surface area (Å²) in [4.78, 5) is 1.05. The summed E-state index contributed by atoms with van der Waals surface area (Å²) >= 11 is 4.57. The predicted molar refractivity (Wildman–Crippen MR) is 39.3 cm³/mol. The van der Waals surface area contributed by atoms with E-state index < -0.39 is 0 Å². The van der Waals surface area contributed by atoms with Crippen molar-refractivity contribution >= 4 is 27.5 Å². The first-order valence-electron chi connectivity index (χ1n) is 2.27. The molecule has 0 bridgehead atoms. The third-order valence-electron chi connectivity index (χ3n) is 0.897. The maximum absolute atomic E-state index is 8.40. The largest absolute Gasteiger partial charge is 0.191 e. The molecule has 0 saturated carbocycles. The maximum Gasteiger partial charge on any atom is 0.168 e. The van der Waals surface area contributed by atoms with Crippen LogP contribution in [0, 0.1) is 18.3 Å². The average Bonchev–Trinajstić information content (AvgIpc) is 2.15. The number of aryl methyl sites for hydroxylation is 1. The van der Waals surface area contributed by atoms with Gasteiger partial charge in [0.2, 0.25) is 0 Å². The van der Waals surface area contributed by atoms with E-state index in [2.05, 4.69) is 20.3 Å². The van der Waals surface area contributed by atoms with Gasteiger partial charge in [0, 0.05) is 4.88 Å². The highest BCUT2D eigenvalue weighted by Gasteiger charge is 2.04. The summed E-state index contributed by atoms with van der Waals surface area (Å²) in [6.45, 7) is 1.92. The zero-order chi connectivity index (χ0) is 6.85. The van der Waals surface area contributed by atoms with Gasteiger partial charge in [-0.2, -0.15) is 9.64 Å². The molecule has 0 radical (unpaired) electrons. The Hall–Kier alpha value is -0.400. The van der Waals surface area contributed by atoms with Crippen LogP contribution in [0.15, 0.2) is 4.47 Å². The van der Waals surface area contributed by atoms with E-state index in [1.807, 2.05) is 13.0 Å². The molecule has 1 aromatic rings. The van der Waals surface area contributed by atoms with Gasteiger partial charge < -0.3 is 0 Å². The zero-order valence-corrected chi connectivity index (χ0v) is 7.08. The second-order valence-electron chi connectivity index (χ2n) is 1.51. The highest BCUT2D eigenvalue weighted by atomic mass is 79.9. The molecule has 0 aliphatic carbocycles. The fourth-order valence-electron chi connectivity index (χ4n) is 0.430. The van der Waals surface area contributed by atoms with Gasteiger partial charge in [0.05, 0.1) is 4.47 Å². The second kappa shape index (κ2) is 2.46. The molecule has 0 N–H and O–H groups in total. The first kappa shape index (κ1) is 6.72. The molecule has 0 atom stereocenters. The number of hydrogen-bond donors (Lipinski definition) is 0. The van der Waals surface area contributed by atoms with Gasteiger partial charge in [0.25, 0.3) is 0 Å². The lowest BCUT2D eigenvalue weighted by Gasteiger charge is -1.79. The first-order valence-corrected chi connectivity index (χ1v) is 3.84. The van der Waals surface area contributed by atoms with Crippen LogP contribution in [0.1, 0.15) is 10.6 Å². The molecular weight excluding hydrogens is 200 g/mol. The molecule has 0 saturated heterocycles. The number of aromatic nitrogens is 1. The minimum atomic E-state index is 0.484. The minimum Gasteiger partial charge on any atom is -0.191 e. The maximum atomic E-state index is 8.40. The molecular formula is C5H3BrN2S. The molecule has 0 aliphatic rings. The molecule has 46 valence electrons. The Bertz CT molecular complexity index is 260. The topological polar surface area (TPSA) is 36.7 Å². The quantitative estimate of drug-likeness (QED) is 0.647. The number of hydrogen-bond acceptors (Lipinski definition) is 3. The van der Waals surface area contributed by atoms with Crippen LogP contribution in [0.3, 0.4) is 0 Å². The van der Waals surface area contributed by atoms with Gasteiger partial charge >= 0.3 is 0 Å². The average molecular weight is 203 g/mol. The fourth-order valence-corrected chi connectivity index (χ4v) is 1.48. The van der Waals surface area contributed by atoms with E-state index in [4.69, 9.17) is 5.26 Å². The zero-order valence-electron chi connectivity index (χ0n) is 4.68. The number of nitriles is 1. The van der Waals surface area contributed by atoms with E-state index in [0.717, 1.165) is 9.35 Å². The molecule has 0 unspecified atom stereocenters. The monoisotopic (exact) mass is 202 g/mol. The van der Waals surface area contributed by atoms with E-state index in [9.17, 15) is 0 Å². The van der Waals surface area contributed by atoms with Gasteiger partial charge in [-0.15, -0.1) is 0 Å². The van der Waals surface area contributed by atoms with Crippen LogP contribution in [-0.4, -0.2) is 4.37 Å². The summed E-state index contributed by atoms with van der Waals surface area (Å²) in [5.41, 5.74) is 0.484. The number of rotatable bonds is 0. The molecule has 1 aromatic heterocycles. The van der Waals surface area contributed by atoms with Crippen molar-refractivity contribution in [3.63, 3.8) is 0 Å². The summed E-state index contributed by atoms with van der Waals surface area (Å²) in [5, 5.41) is 8.40. The van der Waals surface area contributed by atoms with Crippen molar-refractivity contribution in [3.8, 4) is 6.07 Å². The summed E-state index contributed by atoms with van der Waals surface area (Å²) in [6.07, 6.45) is 0. The molecule has 2 nitrogen and oxygen atoms in total. The van der Waals surface area contributed by atoms with Crippen molar-refractivity contribution in [1.82, 2.24) is 4.37 Å². The van der Waals surface area contributed by atoms with E-state index in [-0.39, 0.29) is 0 Å². The Morgan fingerprint density at radius 3 is 2.67 bits per heavy atom. The van der Waals surface area contributed by atoms with Gasteiger partial charge in [-0.05, 0) is 34.4 Å². The SMILES string of the molecule is Cc1snc(C#N)c1Br. The van der Waals surface area contributed by atoms with E-state index >= 15 is 0 Å². The lowest BCUT2D eigenvalue weighted by molar-refractivity contribution is 1.39. The van der Waals surface area contributed by atoms with E-state index in [1.165, 1.54) is 11.5 Å². The van der Waals surface area contributed by atoms with Gasteiger partial charge in [-0.3, -0.25) is 0 Å². The molecule has 0 amide bonds. The summed E-state index contributed by atoms with van der Waals surface area (Å²) in [5.74, 6) is 0. The molecule has 0 fully saturated rings. The van der Waals surface area contributed by atoms with Gasteiger partial charge in [-0.25, -0.2) is 0 Å². The smallest absolute Gasteiger partial charge is 0.168 e. The Morgan fingerprint density at radius 1 is 1.78 bits per heavy atom. The van der Waals surface area contributed by atoms with Crippen molar-refractivity contribution in [2.75, 3.05) is 0 Å². The fraction of sp³-hybridized carbons (Fsp3) is 0.200. The molecule has 0 aliphatic heterocycles. The molecule has 4 heteroatoms. The lowest BCUT2D eigenvalue weighted by atomic mass is 10.4. The molecule has 1 heterocycles. The van der Waals surface area contributed by atoms with Gasteiger partial charge in [0.15, 0.2) is 5.69 Å². The Morgan fingerprint density at radius 2 is 2.44 bits per heavy atom. The van der Waals surface area contributed by atoms with Crippen LogP contribution in [0.4, 0.5) is 0 Å². The number of halogens is 1. The summed E-state index contributed by atoms with van der Waals surface area (Å²) < 4.78 is 4.70. The van der Waals surface area contributed by atoms with Crippen LogP contribution in [0.2, 0.25) is 0 Å². The predicted octanol–water partition coefficient (Wildman–Crippen LogP) is 2.09. The molecule has 0 spiro atoms. The Labute approximate surface area is 65.4 Å². The van der Waals surface area contributed by atoms with E-state index in [1.54, 1.807) is 0 Å². The number of nitrogens with zero attached hydrogens (tertiary/aromatic N) is 2. The van der Waals surface area contributed by atoms with Gasteiger partial charge in [0.1, 0.15) is 6.07 Å². The van der Waals surface area contributed by atoms with Crippen LogP contribution >= 0.6 is 27.5 Å². The van der Waals surface area contributed by atoms with Crippen LogP contribution in [0.25, 0.3) is 0 Å². The van der Waals surface area contributed by atoms with Crippen molar-refractivity contribution in [2.45, 2.75) is 6.92 Å². The first-order chi connectivity index (χ1) is 4.25. The highest BCUT2D eigenvalue weighted by molar-refractivity contribution is 9.10. The van der Waals surface area contributed by atoms with Crippen LogP contribution in [0.5, 0.6) is 0 Å². The van der Waals surface area contributed by atoms with Gasteiger partial charge in [-0.1, -0.05) is 0 Å². The third kappa shape index (κ3) is 1.12. The van der Waals surface area contributed by atoms with Crippen LogP contribution < -0.4 is 0 Å². The highest BCUT2D eigenvalue weighted by Crippen LogP contribution is 2.22. The lowest BCUT2D eigenvalue weighted by Crippen LogP contribution is -1.70. The van der Waals surface area contributed by atoms with Crippen molar-refractivity contribution in [3.05, 3.63) is 15.0 Å².